The lowest BCUT2D eigenvalue weighted by Gasteiger charge is -2.03. The average molecular weight is 336 g/mol. The molecule has 0 saturated heterocycles. The largest absolute Gasteiger partial charge is 0.497 e. The molecule has 124 valence electrons. The fourth-order valence-electron chi connectivity index (χ4n) is 2.43. The first kappa shape index (κ1) is 14.8. The first-order chi connectivity index (χ1) is 12.1. The molecule has 0 saturated carbocycles. The molecule has 0 atom stereocenters. The molecule has 3 aromatic heterocycles. The Kier molecular flexibility index (Phi) is 3.38. The fourth-order valence-corrected chi connectivity index (χ4v) is 2.43. The van der Waals surface area contributed by atoms with Crippen molar-refractivity contribution in [3.63, 3.8) is 0 Å². The molecule has 0 bridgehead atoms. The molecule has 4 rings (SSSR count). The van der Waals surface area contributed by atoms with Crippen molar-refractivity contribution in [2.24, 2.45) is 0 Å². The Bertz CT molecular complexity index is 1140. The van der Waals surface area contributed by atoms with Gasteiger partial charge in [-0.3, -0.25) is 14.0 Å². The van der Waals surface area contributed by atoms with Crippen molar-refractivity contribution >= 4 is 28.5 Å². The lowest BCUT2D eigenvalue weighted by molar-refractivity contribution is 0.102. The zero-order valence-corrected chi connectivity index (χ0v) is 13.1. The Hall–Kier alpha value is -3.75. The number of anilines is 1. The number of imidazole rings is 1. The van der Waals surface area contributed by atoms with E-state index in [1.165, 1.54) is 12.1 Å². The predicted octanol–water partition coefficient (Wildman–Crippen LogP) is 1.23. The number of aromatic nitrogens is 5. The summed E-state index contributed by atoms with van der Waals surface area (Å²) in [6.07, 6.45) is 1.72. The highest BCUT2D eigenvalue weighted by Gasteiger charge is 2.12. The molecule has 9 heteroatoms. The van der Waals surface area contributed by atoms with Gasteiger partial charge in [-0.25, -0.2) is 15.1 Å². The highest BCUT2D eigenvalue weighted by Crippen LogP contribution is 2.21. The molecule has 0 aliphatic rings. The monoisotopic (exact) mass is 336 g/mol. The van der Waals surface area contributed by atoms with Gasteiger partial charge in [-0.1, -0.05) is 0 Å². The van der Waals surface area contributed by atoms with Gasteiger partial charge in [-0.05, 0) is 24.3 Å². The smallest absolute Gasteiger partial charge is 0.275 e. The molecule has 1 aromatic carbocycles. The van der Waals surface area contributed by atoms with Crippen LogP contribution in [-0.2, 0) is 0 Å². The summed E-state index contributed by atoms with van der Waals surface area (Å²) in [7, 11) is 1.59. The number of nitrogens with one attached hydrogen (secondary N) is 2. The zero-order chi connectivity index (χ0) is 17.4. The molecule has 0 spiro atoms. The third-order valence-electron chi connectivity index (χ3n) is 3.63. The third kappa shape index (κ3) is 2.67. The van der Waals surface area contributed by atoms with Crippen LogP contribution >= 0.6 is 0 Å². The predicted molar refractivity (Wildman–Crippen MR) is 89.9 cm³/mol. The van der Waals surface area contributed by atoms with Gasteiger partial charge in [0, 0.05) is 18.3 Å². The van der Waals surface area contributed by atoms with E-state index in [0.29, 0.717) is 17.0 Å². The van der Waals surface area contributed by atoms with Crippen molar-refractivity contribution in [1.29, 1.82) is 0 Å². The number of benzene rings is 1. The Morgan fingerprint density at radius 1 is 1.20 bits per heavy atom. The van der Waals surface area contributed by atoms with E-state index in [0.717, 1.165) is 5.52 Å². The van der Waals surface area contributed by atoms with E-state index < -0.39 is 5.91 Å². The number of amides is 1. The maximum Gasteiger partial charge on any atom is 0.275 e. The summed E-state index contributed by atoms with van der Waals surface area (Å²) < 4.78 is 6.97. The molecule has 0 aliphatic heterocycles. The first-order valence-corrected chi connectivity index (χ1v) is 7.34. The minimum absolute atomic E-state index is 0.183. The minimum atomic E-state index is -0.452. The van der Waals surface area contributed by atoms with Gasteiger partial charge in [0.15, 0.2) is 5.82 Å². The fraction of sp³-hybridized carbons (Fsp3) is 0.0625. The second-order valence-corrected chi connectivity index (χ2v) is 5.21. The number of fused-ring (bicyclic) bond motifs is 3. The van der Waals surface area contributed by atoms with Crippen molar-refractivity contribution < 1.29 is 9.53 Å². The summed E-state index contributed by atoms with van der Waals surface area (Å²) in [6.45, 7) is 0. The van der Waals surface area contributed by atoms with E-state index in [4.69, 9.17) is 4.74 Å². The van der Waals surface area contributed by atoms with Gasteiger partial charge in [-0.15, -0.1) is 0 Å². The van der Waals surface area contributed by atoms with Crippen LogP contribution in [0.4, 0.5) is 5.82 Å². The Morgan fingerprint density at radius 2 is 2.08 bits per heavy atom. The molecular formula is C16H12N6O3. The Labute approximate surface area is 140 Å². The van der Waals surface area contributed by atoms with E-state index in [9.17, 15) is 9.59 Å². The van der Waals surface area contributed by atoms with Gasteiger partial charge < -0.3 is 10.1 Å². The van der Waals surface area contributed by atoms with E-state index in [1.807, 2.05) is 12.1 Å². The summed E-state index contributed by atoms with van der Waals surface area (Å²) in [6, 6.07) is 9.77. The normalized spacial score (nSPS) is 10.9. The molecule has 0 fully saturated rings. The molecule has 9 nitrogen and oxygen atoms in total. The SMILES string of the molecule is COc1ccc2c(c1)nc1nc(C(=O)Nc3ccc(=O)[nH]n3)ccn12. The molecule has 0 unspecified atom stereocenters. The summed E-state index contributed by atoms with van der Waals surface area (Å²) in [5.41, 5.74) is 1.41. The van der Waals surface area contributed by atoms with Crippen LogP contribution in [0.5, 0.6) is 5.75 Å². The van der Waals surface area contributed by atoms with Gasteiger partial charge in [0.05, 0.1) is 18.1 Å². The van der Waals surface area contributed by atoms with Gasteiger partial charge in [0.2, 0.25) is 5.78 Å². The van der Waals surface area contributed by atoms with Crippen molar-refractivity contribution in [2.45, 2.75) is 0 Å². The first-order valence-electron chi connectivity index (χ1n) is 7.34. The Morgan fingerprint density at radius 3 is 2.84 bits per heavy atom. The number of ether oxygens (including phenoxy) is 1. The van der Waals surface area contributed by atoms with E-state index >= 15 is 0 Å². The van der Waals surface area contributed by atoms with Crippen molar-refractivity contribution in [3.05, 3.63) is 58.6 Å². The quantitative estimate of drug-likeness (QED) is 0.581. The topological polar surface area (TPSA) is 114 Å². The lowest BCUT2D eigenvalue weighted by Crippen LogP contribution is -2.17. The van der Waals surface area contributed by atoms with Crippen LogP contribution in [-0.4, -0.2) is 37.6 Å². The second-order valence-electron chi connectivity index (χ2n) is 5.21. The van der Waals surface area contributed by atoms with Gasteiger partial charge >= 0.3 is 0 Å². The molecule has 0 radical (unpaired) electrons. The van der Waals surface area contributed by atoms with E-state index in [1.54, 1.807) is 29.8 Å². The maximum atomic E-state index is 12.3. The highest BCUT2D eigenvalue weighted by atomic mass is 16.5. The summed E-state index contributed by atoms with van der Waals surface area (Å²) in [5.74, 6) is 0.861. The lowest BCUT2D eigenvalue weighted by atomic mass is 10.3. The van der Waals surface area contributed by atoms with E-state index in [2.05, 4.69) is 25.5 Å². The maximum absolute atomic E-state index is 12.3. The summed E-state index contributed by atoms with van der Waals surface area (Å²) in [4.78, 5) is 32.0. The Balaban J connectivity index is 1.70. The molecule has 25 heavy (non-hydrogen) atoms. The molecule has 0 aliphatic carbocycles. The molecule has 4 aromatic rings. The summed E-state index contributed by atoms with van der Waals surface area (Å²) >= 11 is 0. The highest BCUT2D eigenvalue weighted by molar-refractivity contribution is 6.02. The van der Waals surface area contributed by atoms with Crippen LogP contribution in [0.3, 0.4) is 0 Å². The van der Waals surface area contributed by atoms with Crippen molar-refractivity contribution in [1.82, 2.24) is 24.6 Å². The van der Waals surface area contributed by atoms with Gasteiger partial charge in [0.1, 0.15) is 11.4 Å². The molecule has 1 amide bonds. The van der Waals surface area contributed by atoms with Crippen LogP contribution in [0.2, 0.25) is 0 Å². The second kappa shape index (κ2) is 5.71. The van der Waals surface area contributed by atoms with Crippen LogP contribution in [0.15, 0.2) is 47.4 Å². The summed E-state index contributed by atoms with van der Waals surface area (Å²) in [5, 5.41) is 8.54. The number of H-pyrrole nitrogens is 1. The molecular weight excluding hydrogens is 324 g/mol. The number of nitrogens with zero attached hydrogens (tertiary/aromatic N) is 4. The number of carbonyl (C=O) groups excluding carboxylic acids is 1. The number of methoxy groups -OCH3 is 1. The average Bonchev–Trinajstić information content (AvgIpc) is 3.00. The molecule has 2 N–H and O–H groups in total. The molecule has 3 heterocycles. The number of aromatic amines is 1. The van der Waals surface area contributed by atoms with Crippen LogP contribution < -0.4 is 15.6 Å². The number of rotatable bonds is 3. The van der Waals surface area contributed by atoms with Crippen LogP contribution in [0, 0.1) is 0 Å². The minimum Gasteiger partial charge on any atom is -0.497 e. The standard InChI is InChI=1S/C16H12N6O3/c1-25-9-2-3-12-11(8-9)18-16-17-10(6-7-22(12)16)15(24)19-13-4-5-14(23)21-20-13/h2-8H,1H3,(H,21,23)(H,19,20,24). The van der Waals surface area contributed by atoms with E-state index in [-0.39, 0.29) is 17.1 Å². The van der Waals surface area contributed by atoms with Crippen molar-refractivity contribution in [2.75, 3.05) is 12.4 Å². The third-order valence-corrected chi connectivity index (χ3v) is 3.63. The van der Waals surface area contributed by atoms with Gasteiger partial charge in [-0.2, -0.15) is 5.10 Å². The zero-order valence-electron chi connectivity index (χ0n) is 13.1. The number of hydrogen-bond acceptors (Lipinski definition) is 6. The van der Waals surface area contributed by atoms with Crippen molar-refractivity contribution in [3.8, 4) is 5.75 Å². The van der Waals surface area contributed by atoms with Crippen LogP contribution in [0.1, 0.15) is 10.5 Å². The number of carbonyl (C=O) groups is 1. The van der Waals surface area contributed by atoms with Gasteiger partial charge in [0.25, 0.3) is 11.5 Å². The number of hydrogen-bond donors (Lipinski definition) is 2. The van der Waals surface area contributed by atoms with Crippen LogP contribution in [0.25, 0.3) is 16.8 Å².